The van der Waals surface area contributed by atoms with Crippen LogP contribution in [0.5, 0.6) is 0 Å². The Bertz CT molecular complexity index is 415. The topological polar surface area (TPSA) is 42.9 Å². The minimum atomic E-state index is 0. The Kier molecular flexibility index (Phi) is 11.4. The summed E-state index contributed by atoms with van der Waals surface area (Å²) in [6.07, 6.45) is 5.28. The van der Waals surface area contributed by atoms with Crippen molar-refractivity contribution >= 4 is 29.9 Å². The minimum absolute atomic E-state index is 0. The van der Waals surface area contributed by atoms with Crippen LogP contribution in [0.15, 0.2) is 4.99 Å². The minimum Gasteiger partial charge on any atom is -0.356 e. The Balaban J connectivity index is 0.00000338. The lowest BCUT2D eigenvalue weighted by Crippen LogP contribution is -2.47. The molecule has 0 saturated carbocycles. The quantitative estimate of drug-likeness (QED) is 0.255. The summed E-state index contributed by atoms with van der Waals surface area (Å²) in [7, 11) is 1.88. The molecule has 3 unspecified atom stereocenters. The van der Waals surface area contributed by atoms with E-state index in [0.717, 1.165) is 25.0 Å². The lowest BCUT2D eigenvalue weighted by atomic mass is 10.0. The van der Waals surface area contributed by atoms with Crippen LogP contribution in [0.25, 0.3) is 0 Å². The number of rotatable bonds is 7. The maximum atomic E-state index is 4.42. The van der Waals surface area contributed by atoms with Crippen LogP contribution in [-0.4, -0.2) is 74.2 Å². The summed E-state index contributed by atoms with van der Waals surface area (Å²) in [5.74, 6) is 2.52. The molecule has 0 aliphatic carbocycles. The van der Waals surface area contributed by atoms with E-state index in [0.29, 0.717) is 18.0 Å². The molecular formula is C20H42IN5. The van der Waals surface area contributed by atoms with Crippen molar-refractivity contribution in [2.75, 3.05) is 46.3 Å². The first-order valence-corrected chi connectivity index (χ1v) is 10.4. The highest BCUT2D eigenvalue weighted by molar-refractivity contribution is 14.0. The lowest BCUT2D eigenvalue weighted by Gasteiger charge is -2.30. The van der Waals surface area contributed by atoms with Crippen LogP contribution in [0.4, 0.5) is 0 Å². The Morgan fingerprint density at radius 3 is 2.54 bits per heavy atom. The zero-order valence-corrected chi connectivity index (χ0v) is 20.0. The standard InChI is InChI=1S/C20H41N5.HI/c1-16(2)25-14-18(4)19(15-25)23-20(21-5)22-10-6-7-11-24-12-8-9-17(3)13-24;/h16-19H,6-15H2,1-5H3,(H2,21,22,23);1H. The maximum absolute atomic E-state index is 4.42. The van der Waals surface area contributed by atoms with Gasteiger partial charge in [-0.25, -0.2) is 0 Å². The average Bonchev–Trinajstić information content (AvgIpc) is 2.94. The van der Waals surface area contributed by atoms with Gasteiger partial charge in [0.2, 0.25) is 0 Å². The molecule has 0 aromatic rings. The normalized spacial score (nSPS) is 28.2. The highest BCUT2D eigenvalue weighted by Crippen LogP contribution is 2.18. The Morgan fingerprint density at radius 1 is 1.15 bits per heavy atom. The molecule has 0 aromatic heterocycles. The summed E-state index contributed by atoms with van der Waals surface area (Å²) in [4.78, 5) is 9.61. The third-order valence-electron chi connectivity index (χ3n) is 5.85. The van der Waals surface area contributed by atoms with Gasteiger partial charge in [-0.1, -0.05) is 13.8 Å². The highest BCUT2D eigenvalue weighted by atomic mass is 127. The van der Waals surface area contributed by atoms with Gasteiger partial charge in [-0.15, -0.1) is 24.0 Å². The van der Waals surface area contributed by atoms with Crippen LogP contribution in [0.1, 0.15) is 53.4 Å². The van der Waals surface area contributed by atoms with E-state index in [2.05, 4.69) is 53.1 Å². The van der Waals surface area contributed by atoms with Crippen LogP contribution < -0.4 is 10.6 Å². The number of unbranched alkanes of at least 4 members (excludes halogenated alkanes) is 1. The van der Waals surface area contributed by atoms with E-state index in [1.807, 2.05) is 7.05 Å². The van der Waals surface area contributed by atoms with Crippen LogP contribution >= 0.6 is 24.0 Å². The van der Waals surface area contributed by atoms with Gasteiger partial charge in [0.05, 0.1) is 0 Å². The third kappa shape index (κ3) is 7.89. The predicted octanol–water partition coefficient (Wildman–Crippen LogP) is 3.01. The molecule has 0 spiro atoms. The predicted molar refractivity (Wildman–Crippen MR) is 124 cm³/mol. The second kappa shape index (κ2) is 12.4. The molecule has 5 nitrogen and oxygen atoms in total. The van der Waals surface area contributed by atoms with E-state index >= 15 is 0 Å². The number of halogens is 1. The van der Waals surface area contributed by atoms with Crippen molar-refractivity contribution in [3.8, 4) is 0 Å². The zero-order chi connectivity index (χ0) is 18.2. The van der Waals surface area contributed by atoms with E-state index in [4.69, 9.17) is 0 Å². The molecule has 2 saturated heterocycles. The molecule has 2 aliphatic heterocycles. The van der Waals surface area contributed by atoms with Gasteiger partial charge >= 0.3 is 0 Å². The smallest absolute Gasteiger partial charge is 0.191 e. The van der Waals surface area contributed by atoms with E-state index in [9.17, 15) is 0 Å². The van der Waals surface area contributed by atoms with Gasteiger partial charge in [0.25, 0.3) is 0 Å². The number of nitrogens with one attached hydrogen (secondary N) is 2. The summed E-state index contributed by atoms with van der Waals surface area (Å²) in [5.41, 5.74) is 0. The molecule has 2 rings (SSSR count). The van der Waals surface area contributed by atoms with Gasteiger partial charge in [-0.2, -0.15) is 0 Å². The van der Waals surface area contributed by atoms with E-state index in [1.54, 1.807) is 0 Å². The van der Waals surface area contributed by atoms with Gasteiger partial charge in [0.15, 0.2) is 5.96 Å². The second-order valence-electron chi connectivity index (χ2n) is 8.53. The van der Waals surface area contributed by atoms with Gasteiger partial charge in [0, 0.05) is 45.3 Å². The highest BCUT2D eigenvalue weighted by Gasteiger charge is 2.31. The molecule has 6 heteroatoms. The number of nitrogens with zero attached hydrogens (tertiary/aromatic N) is 3. The number of hydrogen-bond acceptors (Lipinski definition) is 3. The molecule has 26 heavy (non-hydrogen) atoms. The fraction of sp³-hybridized carbons (Fsp3) is 0.950. The van der Waals surface area contributed by atoms with Crippen LogP contribution in [0.2, 0.25) is 0 Å². The number of likely N-dealkylation sites (tertiary alicyclic amines) is 2. The first-order chi connectivity index (χ1) is 12.0. The summed E-state index contributed by atoms with van der Waals surface area (Å²) in [5, 5.41) is 7.14. The van der Waals surface area contributed by atoms with Crippen molar-refractivity contribution < 1.29 is 0 Å². The van der Waals surface area contributed by atoms with Crippen LogP contribution in [-0.2, 0) is 0 Å². The fourth-order valence-electron chi connectivity index (χ4n) is 4.14. The molecule has 0 bridgehead atoms. The second-order valence-corrected chi connectivity index (χ2v) is 8.53. The monoisotopic (exact) mass is 479 g/mol. The van der Waals surface area contributed by atoms with E-state index in [-0.39, 0.29) is 24.0 Å². The SMILES string of the molecule is CN=C(NCCCCN1CCCC(C)C1)NC1CN(C(C)C)CC1C.I. The largest absolute Gasteiger partial charge is 0.356 e. The maximum Gasteiger partial charge on any atom is 0.191 e. The van der Waals surface area contributed by atoms with E-state index in [1.165, 1.54) is 51.9 Å². The number of aliphatic imine (C=N–C) groups is 1. The molecule has 2 fully saturated rings. The first-order valence-electron chi connectivity index (χ1n) is 10.4. The Labute approximate surface area is 178 Å². The van der Waals surface area contributed by atoms with E-state index < -0.39 is 0 Å². The van der Waals surface area contributed by atoms with Gasteiger partial charge in [-0.05, 0) is 64.5 Å². The Morgan fingerprint density at radius 2 is 1.92 bits per heavy atom. The fourth-order valence-corrected chi connectivity index (χ4v) is 4.14. The van der Waals surface area contributed by atoms with Crippen LogP contribution in [0, 0.1) is 11.8 Å². The molecule has 0 aromatic carbocycles. The number of piperidine rings is 1. The van der Waals surface area contributed by atoms with Gasteiger partial charge < -0.3 is 15.5 Å². The summed E-state index contributed by atoms with van der Waals surface area (Å²) in [6.45, 7) is 16.4. The lowest BCUT2D eigenvalue weighted by molar-refractivity contribution is 0.181. The molecule has 2 aliphatic rings. The van der Waals surface area contributed by atoms with Gasteiger partial charge in [0.1, 0.15) is 0 Å². The molecular weight excluding hydrogens is 437 g/mol. The van der Waals surface area contributed by atoms with Gasteiger partial charge in [-0.3, -0.25) is 9.89 Å². The number of guanidine groups is 1. The third-order valence-corrected chi connectivity index (χ3v) is 5.85. The molecule has 0 amide bonds. The summed E-state index contributed by atoms with van der Waals surface area (Å²) < 4.78 is 0. The zero-order valence-electron chi connectivity index (χ0n) is 17.6. The molecule has 0 radical (unpaired) electrons. The number of hydrogen-bond donors (Lipinski definition) is 2. The van der Waals surface area contributed by atoms with Crippen LogP contribution in [0.3, 0.4) is 0 Å². The van der Waals surface area contributed by atoms with Crippen molar-refractivity contribution in [1.29, 1.82) is 0 Å². The molecule has 2 N–H and O–H groups in total. The molecule has 154 valence electrons. The molecule has 2 heterocycles. The Hall–Kier alpha value is -0.0800. The molecule has 3 atom stereocenters. The van der Waals surface area contributed by atoms with Crippen molar-refractivity contribution in [3.05, 3.63) is 0 Å². The van der Waals surface area contributed by atoms with Crippen molar-refractivity contribution in [1.82, 2.24) is 20.4 Å². The summed E-state index contributed by atoms with van der Waals surface area (Å²) in [6, 6.07) is 1.13. The first kappa shape index (κ1) is 24.0. The van der Waals surface area contributed by atoms with Crippen molar-refractivity contribution in [2.45, 2.75) is 65.5 Å². The van der Waals surface area contributed by atoms with Crippen molar-refractivity contribution in [2.24, 2.45) is 16.8 Å². The summed E-state index contributed by atoms with van der Waals surface area (Å²) >= 11 is 0. The average molecular weight is 479 g/mol. The van der Waals surface area contributed by atoms with Crippen molar-refractivity contribution in [3.63, 3.8) is 0 Å².